The van der Waals surface area contributed by atoms with Gasteiger partial charge in [0.15, 0.2) is 0 Å². The maximum Gasteiger partial charge on any atom is 0.228 e. The van der Waals surface area contributed by atoms with E-state index in [9.17, 15) is 9.59 Å². The van der Waals surface area contributed by atoms with Crippen LogP contribution in [0.1, 0.15) is 37.3 Å². The molecule has 1 unspecified atom stereocenters. The molecule has 2 amide bonds. The second kappa shape index (κ2) is 7.22. The summed E-state index contributed by atoms with van der Waals surface area (Å²) in [7, 11) is 0. The summed E-state index contributed by atoms with van der Waals surface area (Å²) in [5.41, 5.74) is 2.25. The van der Waals surface area contributed by atoms with Crippen molar-refractivity contribution in [3.63, 3.8) is 0 Å². The van der Waals surface area contributed by atoms with Crippen LogP contribution in [-0.2, 0) is 16.1 Å². The highest BCUT2D eigenvalue weighted by atomic mass is 16.2. The Hall–Kier alpha value is -1.88. The summed E-state index contributed by atoms with van der Waals surface area (Å²) in [6.45, 7) is 5.65. The van der Waals surface area contributed by atoms with Crippen LogP contribution in [0.5, 0.6) is 0 Å². The monoisotopic (exact) mass is 289 g/mol. The molecule has 0 radical (unpaired) electrons. The highest BCUT2D eigenvalue weighted by Gasteiger charge is 2.25. The van der Waals surface area contributed by atoms with Gasteiger partial charge >= 0.3 is 0 Å². The minimum Gasteiger partial charge on any atom is -0.355 e. The van der Waals surface area contributed by atoms with Crippen molar-refractivity contribution in [2.75, 3.05) is 13.1 Å². The number of fused-ring (bicyclic) bond motifs is 1. The molecule has 0 spiro atoms. The number of carbonyl (C=O) groups is 2. The number of benzene rings is 1. The van der Waals surface area contributed by atoms with Gasteiger partial charge in [-0.25, -0.2) is 0 Å². The molecule has 1 heterocycles. The molecule has 5 heteroatoms. The summed E-state index contributed by atoms with van der Waals surface area (Å²) in [6, 6.07) is 8.11. The van der Waals surface area contributed by atoms with Crippen LogP contribution < -0.4 is 16.0 Å². The molecule has 0 fully saturated rings. The van der Waals surface area contributed by atoms with Gasteiger partial charge in [-0.2, -0.15) is 0 Å². The first-order valence-corrected chi connectivity index (χ1v) is 7.43. The van der Waals surface area contributed by atoms with Gasteiger partial charge in [-0.15, -0.1) is 0 Å². The van der Waals surface area contributed by atoms with Crippen molar-refractivity contribution in [2.24, 2.45) is 0 Å². The van der Waals surface area contributed by atoms with Crippen molar-refractivity contribution in [2.45, 2.75) is 38.8 Å². The molecule has 1 atom stereocenters. The summed E-state index contributed by atoms with van der Waals surface area (Å²) in [4.78, 5) is 23.8. The Morgan fingerprint density at radius 1 is 1.33 bits per heavy atom. The quantitative estimate of drug-likeness (QED) is 0.754. The Kier molecular flexibility index (Phi) is 5.33. The number of hydrogen-bond donors (Lipinski definition) is 3. The van der Waals surface area contributed by atoms with E-state index in [2.05, 4.69) is 16.0 Å². The first-order valence-electron chi connectivity index (χ1n) is 7.43. The molecule has 1 aromatic rings. The van der Waals surface area contributed by atoms with Crippen molar-refractivity contribution in [3.05, 3.63) is 35.4 Å². The normalized spacial score (nSPS) is 17.2. The predicted molar refractivity (Wildman–Crippen MR) is 81.8 cm³/mol. The van der Waals surface area contributed by atoms with Crippen molar-refractivity contribution in [1.29, 1.82) is 0 Å². The highest BCUT2D eigenvalue weighted by molar-refractivity contribution is 5.85. The zero-order chi connectivity index (χ0) is 15.2. The predicted octanol–water partition coefficient (Wildman–Crippen LogP) is 0.904. The summed E-state index contributed by atoms with van der Waals surface area (Å²) >= 11 is 0. The summed E-state index contributed by atoms with van der Waals surface area (Å²) in [6.07, 6.45) is 0.311. The van der Waals surface area contributed by atoms with E-state index in [1.165, 1.54) is 5.56 Å². The lowest BCUT2D eigenvalue weighted by Gasteiger charge is -2.25. The molecule has 21 heavy (non-hydrogen) atoms. The van der Waals surface area contributed by atoms with E-state index in [0.29, 0.717) is 19.5 Å². The van der Waals surface area contributed by atoms with Crippen molar-refractivity contribution < 1.29 is 9.59 Å². The van der Waals surface area contributed by atoms with Gasteiger partial charge in [0.1, 0.15) is 0 Å². The molecule has 0 saturated heterocycles. The molecule has 2 rings (SSSR count). The third-order valence-electron chi connectivity index (χ3n) is 3.51. The maximum absolute atomic E-state index is 12.3. The van der Waals surface area contributed by atoms with Gasteiger partial charge in [-0.1, -0.05) is 24.3 Å². The second-order valence-corrected chi connectivity index (χ2v) is 5.65. The number of rotatable bonds is 5. The van der Waals surface area contributed by atoms with E-state index < -0.39 is 0 Å². The molecule has 0 aliphatic carbocycles. The SMILES string of the molecule is CC(C)NC(=O)CCNC(=O)C1CNCc2ccccc21. The number of hydrogen-bond acceptors (Lipinski definition) is 3. The molecular weight excluding hydrogens is 266 g/mol. The minimum absolute atomic E-state index is 0.0213. The molecule has 0 saturated carbocycles. The van der Waals surface area contributed by atoms with E-state index in [0.717, 1.165) is 12.1 Å². The molecule has 3 N–H and O–H groups in total. The Labute approximate surface area is 125 Å². The maximum atomic E-state index is 12.3. The standard InChI is InChI=1S/C16H23N3O2/c1-11(2)19-15(20)7-8-18-16(21)14-10-17-9-12-5-3-4-6-13(12)14/h3-6,11,14,17H,7-10H2,1-2H3,(H,18,21)(H,19,20). The first-order chi connectivity index (χ1) is 10.1. The van der Waals surface area contributed by atoms with Crippen LogP contribution in [0.15, 0.2) is 24.3 Å². The molecule has 114 valence electrons. The van der Waals surface area contributed by atoms with Gasteiger partial charge in [0, 0.05) is 32.1 Å². The minimum atomic E-state index is -0.178. The molecule has 0 bridgehead atoms. The van der Waals surface area contributed by atoms with Crippen LogP contribution in [0.4, 0.5) is 0 Å². The van der Waals surface area contributed by atoms with Gasteiger partial charge in [0.2, 0.25) is 11.8 Å². The van der Waals surface area contributed by atoms with E-state index in [1.807, 2.05) is 38.1 Å². The van der Waals surface area contributed by atoms with Gasteiger partial charge in [-0.3, -0.25) is 9.59 Å². The zero-order valence-corrected chi connectivity index (χ0v) is 12.6. The molecular formula is C16H23N3O2. The second-order valence-electron chi connectivity index (χ2n) is 5.65. The molecule has 1 aromatic carbocycles. The van der Waals surface area contributed by atoms with Crippen LogP contribution >= 0.6 is 0 Å². The fourth-order valence-electron chi connectivity index (χ4n) is 2.55. The number of amides is 2. The van der Waals surface area contributed by atoms with E-state index in [1.54, 1.807) is 0 Å². The highest BCUT2D eigenvalue weighted by Crippen LogP contribution is 2.23. The fourth-order valence-corrected chi connectivity index (χ4v) is 2.55. The summed E-state index contributed by atoms with van der Waals surface area (Å²) < 4.78 is 0. The third-order valence-corrected chi connectivity index (χ3v) is 3.51. The molecule has 1 aliphatic heterocycles. The fraction of sp³-hybridized carbons (Fsp3) is 0.500. The average molecular weight is 289 g/mol. The Morgan fingerprint density at radius 2 is 2.10 bits per heavy atom. The van der Waals surface area contributed by atoms with Gasteiger partial charge < -0.3 is 16.0 Å². The van der Waals surface area contributed by atoms with Crippen molar-refractivity contribution in [1.82, 2.24) is 16.0 Å². The lowest BCUT2D eigenvalue weighted by molar-refractivity contribution is -0.123. The van der Waals surface area contributed by atoms with E-state index in [-0.39, 0.29) is 23.8 Å². The molecule has 5 nitrogen and oxygen atoms in total. The summed E-state index contributed by atoms with van der Waals surface area (Å²) in [5, 5.41) is 8.92. The number of nitrogens with one attached hydrogen (secondary N) is 3. The first kappa shape index (κ1) is 15.5. The van der Waals surface area contributed by atoms with Crippen LogP contribution in [0.2, 0.25) is 0 Å². The lowest BCUT2D eigenvalue weighted by Crippen LogP contribution is -2.40. The van der Waals surface area contributed by atoms with Crippen molar-refractivity contribution >= 4 is 11.8 Å². The average Bonchev–Trinajstić information content (AvgIpc) is 2.45. The Bertz CT molecular complexity index is 514. The molecule has 0 aromatic heterocycles. The zero-order valence-electron chi connectivity index (χ0n) is 12.6. The van der Waals surface area contributed by atoms with E-state index >= 15 is 0 Å². The third kappa shape index (κ3) is 4.29. The lowest BCUT2D eigenvalue weighted by atomic mass is 9.90. The van der Waals surface area contributed by atoms with Crippen LogP contribution in [0, 0.1) is 0 Å². The van der Waals surface area contributed by atoms with Crippen LogP contribution in [0.3, 0.4) is 0 Å². The summed E-state index contributed by atoms with van der Waals surface area (Å²) in [5.74, 6) is -0.234. The smallest absolute Gasteiger partial charge is 0.228 e. The van der Waals surface area contributed by atoms with Crippen molar-refractivity contribution in [3.8, 4) is 0 Å². The van der Waals surface area contributed by atoms with Crippen LogP contribution in [-0.4, -0.2) is 30.9 Å². The van der Waals surface area contributed by atoms with Gasteiger partial charge in [0.25, 0.3) is 0 Å². The van der Waals surface area contributed by atoms with E-state index in [4.69, 9.17) is 0 Å². The van der Waals surface area contributed by atoms with Gasteiger partial charge in [-0.05, 0) is 25.0 Å². The van der Waals surface area contributed by atoms with Crippen LogP contribution in [0.25, 0.3) is 0 Å². The topological polar surface area (TPSA) is 70.2 Å². The molecule has 1 aliphatic rings. The van der Waals surface area contributed by atoms with Gasteiger partial charge in [0.05, 0.1) is 5.92 Å². The number of carbonyl (C=O) groups excluding carboxylic acids is 2. The Balaban J connectivity index is 1.86. The Morgan fingerprint density at radius 3 is 2.86 bits per heavy atom. The largest absolute Gasteiger partial charge is 0.355 e.